The fraction of sp³-hybridized carbons (Fsp3) is 0.188. The number of nitro groups is 1. The number of aromatic amines is 1. The lowest BCUT2D eigenvalue weighted by Crippen LogP contribution is -2.55. The molecule has 0 aliphatic heterocycles. The summed E-state index contributed by atoms with van der Waals surface area (Å²) in [7, 11) is 2.02. The molecule has 5 nitrogen and oxygen atoms in total. The fourth-order valence-electron chi connectivity index (χ4n) is 3.25. The lowest BCUT2D eigenvalue weighted by Gasteiger charge is -1.99. The number of nitrogens with one attached hydrogen (secondary N) is 1. The molecule has 0 radical (unpaired) electrons. The molecular formula is C16H14N3O2+. The van der Waals surface area contributed by atoms with Crippen LogP contribution in [0.1, 0.15) is 12.8 Å². The maximum Gasteiger partial charge on any atom is 0.293 e. The Kier molecular flexibility index (Phi) is 2.39. The van der Waals surface area contributed by atoms with Crippen molar-refractivity contribution in [3.05, 3.63) is 44.9 Å². The van der Waals surface area contributed by atoms with E-state index in [0.717, 1.165) is 29.3 Å². The average molecular weight is 280 g/mol. The molecule has 0 atom stereocenters. The van der Waals surface area contributed by atoms with E-state index in [1.807, 2.05) is 13.1 Å². The zero-order valence-corrected chi connectivity index (χ0v) is 11.6. The van der Waals surface area contributed by atoms with E-state index in [4.69, 9.17) is 0 Å². The molecule has 0 bridgehead atoms. The van der Waals surface area contributed by atoms with Crippen LogP contribution in [0.2, 0.25) is 0 Å². The van der Waals surface area contributed by atoms with Crippen molar-refractivity contribution in [2.45, 2.75) is 12.8 Å². The van der Waals surface area contributed by atoms with E-state index < -0.39 is 0 Å². The van der Waals surface area contributed by atoms with Crippen molar-refractivity contribution in [3.63, 3.8) is 0 Å². The molecule has 2 aromatic heterocycles. The van der Waals surface area contributed by atoms with Gasteiger partial charge in [-0.2, -0.15) is 4.57 Å². The van der Waals surface area contributed by atoms with E-state index in [2.05, 4.69) is 27.8 Å². The molecule has 1 aliphatic rings. The van der Waals surface area contributed by atoms with Gasteiger partial charge in [0.25, 0.3) is 5.69 Å². The Bertz CT molecular complexity index is 1030. The van der Waals surface area contributed by atoms with Gasteiger partial charge in [0.1, 0.15) is 18.1 Å². The number of hydrogen-bond acceptors (Lipinski definition) is 2. The van der Waals surface area contributed by atoms with Gasteiger partial charge in [-0.25, -0.2) is 0 Å². The molecule has 21 heavy (non-hydrogen) atoms. The molecule has 0 fully saturated rings. The minimum absolute atomic E-state index is 0.120. The van der Waals surface area contributed by atoms with Gasteiger partial charge in [0.2, 0.25) is 10.9 Å². The summed E-state index contributed by atoms with van der Waals surface area (Å²) in [6.45, 7) is 0. The number of nitro benzene ring substituents is 1. The second-order valence-corrected chi connectivity index (χ2v) is 5.37. The molecular weight excluding hydrogens is 266 g/mol. The van der Waals surface area contributed by atoms with Crippen LogP contribution in [-0.2, 0) is 7.05 Å². The molecule has 1 aliphatic carbocycles. The molecule has 4 rings (SSSR count). The van der Waals surface area contributed by atoms with E-state index in [9.17, 15) is 10.1 Å². The number of aromatic nitrogens is 2. The van der Waals surface area contributed by atoms with Crippen LogP contribution in [0.3, 0.4) is 0 Å². The molecule has 3 aromatic rings. The number of benzene rings is 1. The molecule has 0 amide bonds. The Morgan fingerprint density at radius 2 is 2.10 bits per heavy atom. The Hall–Kier alpha value is -2.69. The van der Waals surface area contributed by atoms with Crippen LogP contribution in [0, 0.1) is 10.1 Å². The highest BCUT2D eigenvalue weighted by atomic mass is 16.6. The van der Waals surface area contributed by atoms with Crippen LogP contribution in [0.15, 0.2) is 24.3 Å². The topological polar surface area (TPSA) is 62.8 Å². The third kappa shape index (κ3) is 1.60. The fourth-order valence-corrected chi connectivity index (χ4v) is 3.25. The minimum Gasteiger partial charge on any atom is -0.344 e. The zero-order chi connectivity index (χ0) is 14.6. The first kappa shape index (κ1) is 12.1. The minimum atomic E-state index is -0.337. The summed E-state index contributed by atoms with van der Waals surface area (Å²) in [4.78, 5) is 14.1. The van der Waals surface area contributed by atoms with E-state index in [-0.39, 0.29) is 10.6 Å². The Balaban J connectivity index is 2.27. The molecule has 104 valence electrons. The van der Waals surface area contributed by atoms with Crippen molar-refractivity contribution >= 4 is 39.8 Å². The summed E-state index contributed by atoms with van der Waals surface area (Å²) < 4.78 is 2.13. The van der Waals surface area contributed by atoms with Gasteiger partial charge in [-0.15, -0.1) is 0 Å². The Morgan fingerprint density at radius 3 is 2.90 bits per heavy atom. The third-order valence-electron chi connectivity index (χ3n) is 4.17. The summed E-state index contributed by atoms with van der Waals surface area (Å²) in [5.74, 6) is 0. The summed E-state index contributed by atoms with van der Waals surface area (Å²) in [5, 5.41) is 14.5. The van der Waals surface area contributed by atoms with Gasteiger partial charge in [-0.05, 0) is 31.1 Å². The van der Waals surface area contributed by atoms with Gasteiger partial charge in [-0.3, -0.25) is 10.1 Å². The number of para-hydroxylation sites is 1. The molecule has 0 saturated carbocycles. The highest BCUT2D eigenvalue weighted by Gasteiger charge is 2.21. The summed E-state index contributed by atoms with van der Waals surface area (Å²) in [6, 6.07) is 7.29. The molecule has 2 heterocycles. The summed E-state index contributed by atoms with van der Waals surface area (Å²) >= 11 is 0. The third-order valence-corrected chi connectivity index (χ3v) is 4.17. The first-order valence-corrected chi connectivity index (χ1v) is 6.95. The van der Waals surface area contributed by atoms with Gasteiger partial charge in [0.15, 0.2) is 0 Å². The Morgan fingerprint density at radius 1 is 1.29 bits per heavy atom. The van der Waals surface area contributed by atoms with Crippen LogP contribution in [0.25, 0.3) is 34.1 Å². The highest BCUT2D eigenvalue weighted by Crippen LogP contribution is 2.28. The monoisotopic (exact) mass is 280 g/mol. The number of fused-ring (bicyclic) bond motifs is 4. The Labute approximate surface area is 120 Å². The number of aryl methyl sites for hydroxylation is 1. The van der Waals surface area contributed by atoms with Crippen LogP contribution in [-0.4, -0.2) is 9.91 Å². The number of nitrogens with zero attached hydrogens (tertiary/aromatic N) is 2. The lowest BCUT2D eigenvalue weighted by molar-refractivity contribution is -0.658. The highest BCUT2D eigenvalue weighted by molar-refractivity contribution is 6.06. The smallest absolute Gasteiger partial charge is 0.293 e. The van der Waals surface area contributed by atoms with Crippen molar-refractivity contribution in [2.24, 2.45) is 7.05 Å². The largest absolute Gasteiger partial charge is 0.344 e. The summed E-state index contributed by atoms with van der Waals surface area (Å²) in [5.41, 5.74) is 2.66. The number of pyridine rings is 1. The number of rotatable bonds is 1. The first-order valence-electron chi connectivity index (χ1n) is 6.95. The molecule has 1 N–H and O–H groups in total. The van der Waals surface area contributed by atoms with Crippen molar-refractivity contribution in [3.8, 4) is 0 Å². The SMILES string of the molecule is C[n+]1c2c(cc3[nH]c4c([N+](=O)[O-])cccc4c31)=CCCC=2. The molecule has 0 unspecified atom stereocenters. The first-order chi connectivity index (χ1) is 10.2. The molecule has 1 aromatic carbocycles. The van der Waals surface area contributed by atoms with Crippen LogP contribution >= 0.6 is 0 Å². The van der Waals surface area contributed by atoms with Crippen molar-refractivity contribution in [1.29, 1.82) is 0 Å². The average Bonchev–Trinajstić information content (AvgIpc) is 2.85. The maximum absolute atomic E-state index is 11.2. The van der Waals surface area contributed by atoms with Gasteiger partial charge in [0, 0.05) is 11.3 Å². The normalized spacial score (nSPS) is 13.8. The number of non-ortho nitro benzene ring substituents is 1. The molecule has 5 heteroatoms. The van der Waals surface area contributed by atoms with Gasteiger partial charge in [0.05, 0.1) is 10.3 Å². The standard InChI is InChI=1S/C16H13N3O2/c1-18-13-7-3-2-5-10(13)9-12-16(18)11-6-4-8-14(19(20)21)15(11)17-12/h4-9H,2-3H2,1H3/p+1. The van der Waals surface area contributed by atoms with E-state index >= 15 is 0 Å². The van der Waals surface area contributed by atoms with Crippen LogP contribution < -0.4 is 15.1 Å². The molecule has 0 saturated heterocycles. The predicted octanol–water partition coefficient (Wildman–Crippen LogP) is 1.41. The van der Waals surface area contributed by atoms with Crippen molar-refractivity contribution < 1.29 is 9.49 Å². The number of hydrogen-bond donors (Lipinski definition) is 1. The quantitative estimate of drug-likeness (QED) is 0.416. The summed E-state index contributed by atoms with van der Waals surface area (Å²) in [6.07, 6.45) is 6.52. The van der Waals surface area contributed by atoms with Gasteiger partial charge in [-0.1, -0.05) is 12.1 Å². The van der Waals surface area contributed by atoms with E-state index in [1.54, 1.807) is 6.07 Å². The van der Waals surface area contributed by atoms with E-state index in [1.165, 1.54) is 16.6 Å². The van der Waals surface area contributed by atoms with Gasteiger partial charge < -0.3 is 4.98 Å². The van der Waals surface area contributed by atoms with Crippen molar-refractivity contribution in [2.75, 3.05) is 0 Å². The second-order valence-electron chi connectivity index (χ2n) is 5.37. The van der Waals surface area contributed by atoms with Gasteiger partial charge >= 0.3 is 0 Å². The lowest BCUT2D eigenvalue weighted by atomic mass is 10.1. The predicted molar refractivity (Wildman–Crippen MR) is 81.0 cm³/mol. The van der Waals surface area contributed by atoms with E-state index in [0.29, 0.717) is 5.52 Å². The zero-order valence-electron chi connectivity index (χ0n) is 11.6. The van der Waals surface area contributed by atoms with Crippen molar-refractivity contribution in [1.82, 2.24) is 4.98 Å². The van der Waals surface area contributed by atoms with Crippen LogP contribution in [0.4, 0.5) is 5.69 Å². The van der Waals surface area contributed by atoms with Crippen LogP contribution in [0.5, 0.6) is 0 Å². The maximum atomic E-state index is 11.2. The number of H-pyrrole nitrogens is 1. The molecule has 0 spiro atoms. The second kappa shape index (κ2) is 4.15.